The van der Waals surface area contributed by atoms with Crippen molar-refractivity contribution in [3.8, 4) is 5.75 Å². The molecule has 0 amide bonds. The number of halogens is 1. The molecule has 2 N–H and O–H groups in total. The molecule has 0 fully saturated rings. The van der Waals surface area contributed by atoms with Crippen LogP contribution >= 0.6 is 11.6 Å². The molecule has 0 aliphatic heterocycles. The molecule has 88 valence electrons. The Bertz CT molecular complexity index is 397. The minimum atomic E-state index is -0.592. The highest BCUT2D eigenvalue weighted by molar-refractivity contribution is 6.33. The van der Waals surface area contributed by atoms with Crippen LogP contribution in [0.25, 0.3) is 0 Å². The van der Waals surface area contributed by atoms with Gasteiger partial charge in [-0.15, -0.1) is 0 Å². The Hall–Kier alpha value is -1.53. The number of benzene rings is 1. The largest absolute Gasteiger partial charge is 0.489 e. The number of methoxy groups -OCH3 is 1. The first-order chi connectivity index (χ1) is 7.56. The molecule has 0 aliphatic rings. The van der Waals surface area contributed by atoms with E-state index in [1.165, 1.54) is 19.2 Å². The van der Waals surface area contributed by atoms with Gasteiger partial charge in [-0.05, 0) is 6.07 Å². The van der Waals surface area contributed by atoms with E-state index >= 15 is 0 Å². The molecule has 0 spiro atoms. The van der Waals surface area contributed by atoms with Crippen molar-refractivity contribution in [2.45, 2.75) is 0 Å². The van der Waals surface area contributed by atoms with Gasteiger partial charge in [0.25, 0.3) is 5.69 Å². The summed E-state index contributed by atoms with van der Waals surface area (Å²) in [5.74, 6) is 0.230. The Balaban J connectivity index is 2.91. The summed E-state index contributed by atoms with van der Waals surface area (Å²) in [6.45, 7) is 0.634. The molecule has 1 aromatic rings. The topological polar surface area (TPSA) is 87.6 Å². The summed E-state index contributed by atoms with van der Waals surface area (Å²) in [7, 11) is 1.52. The first kappa shape index (κ1) is 12.5. The standard InChI is InChI=1S/C9H11ClN2O4/c1-15-2-3-16-9-5-8(12(13)14)6(10)4-7(9)11/h4-5H,2-3,11H2,1H3. The molecule has 0 aromatic heterocycles. The van der Waals surface area contributed by atoms with Crippen LogP contribution in [0.3, 0.4) is 0 Å². The molecular formula is C9H11ClN2O4. The molecule has 0 unspecified atom stereocenters. The average Bonchev–Trinajstić information content (AvgIpc) is 2.21. The fourth-order valence-corrected chi connectivity index (χ4v) is 1.30. The third kappa shape index (κ3) is 2.98. The number of nitrogens with two attached hydrogens (primary N) is 1. The number of hydrogen-bond donors (Lipinski definition) is 1. The van der Waals surface area contributed by atoms with Gasteiger partial charge in [0.2, 0.25) is 0 Å². The van der Waals surface area contributed by atoms with Gasteiger partial charge < -0.3 is 15.2 Å². The highest BCUT2D eigenvalue weighted by Crippen LogP contribution is 2.33. The second-order valence-corrected chi connectivity index (χ2v) is 3.35. The molecule has 1 rings (SSSR count). The molecule has 1 aromatic carbocycles. The quantitative estimate of drug-likeness (QED) is 0.371. The normalized spacial score (nSPS) is 10.1. The van der Waals surface area contributed by atoms with Gasteiger partial charge in [-0.1, -0.05) is 11.6 Å². The van der Waals surface area contributed by atoms with Crippen LogP contribution in [-0.2, 0) is 4.74 Å². The molecule has 0 aliphatic carbocycles. The fourth-order valence-electron chi connectivity index (χ4n) is 1.06. The van der Waals surface area contributed by atoms with Gasteiger partial charge in [0.1, 0.15) is 17.4 Å². The summed E-state index contributed by atoms with van der Waals surface area (Å²) in [6, 6.07) is 2.50. The van der Waals surface area contributed by atoms with E-state index < -0.39 is 4.92 Å². The van der Waals surface area contributed by atoms with Crippen LogP contribution in [0, 0.1) is 10.1 Å². The predicted octanol–water partition coefficient (Wildman–Crippen LogP) is 1.86. The van der Waals surface area contributed by atoms with Crippen molar-refractivity contribution in [3.05, 3.63) is 27.3 Å². The minimum Gasteiger partial charge on any atom is -0.489 e. The maximum Gasteiger partial charge on any atom is 0.291 e. The van der Waals surface area contributed by atoms with E-state index in [9.17, 15) is 10.1 Å². The van der Waals surface area contributed by atoms with E-state index in [1.807, 2.05) is 0 Å². The van der Waals surface area contributed by atoms with Crippen molar-refractivity contribution in [2.24, 2.45) is 0 Å². The SMILES string of the molecule is COCCOc1cc([N+](=O)[O-])c(Cl)cc1N. The first-order valence-corrected chi connectivity index (χ1v) is 4.79. The Morgan fingerprint density at radius 3 is 2.75 bits per heavy atom. The molecule has 0 heterocycles. The third-order valence-electron chi connectivity index (χ3n) is 1.82. The monoisotopic (exact) mass is 246 g/mol. The van der Waals surface area contributed by atoms with Crippen molar-refractivity contribution >= 4 is 23.0 Å². The van der Waals surface area contributed by atoms with E-state index in [-0.39, 0.29) is 28.8 Å². The summed E-state index contributed by atoms with van der Waals surface area (Å²) in [5.41, 5.74) is 5.62. The number of nitro benzene ring substituents is 1. The lowest BCUT2D eigenvalue weighted by Crippen LogP contribution is -2.06. The predicted molar refractivity (Wildman–Crippen MR) is 59.9 cm³/mol. The van der Waals surface area contributed by atoms with Crippen molar-refractivity contribution in [1.82, 2.24) is 0 Å². The van der Waals surface area contributed by atoms with E-state index in [1.54, 1.807) is 0 Å². The summed E-state index contributed by atoms with van der Waals surface area (Å²) in [6.07, 6.45) is 0. The van der Waals surface area contributed by atoms with Gasteiger partial charge in [0, 0.05) is 7.11 Å². The van der Waals surface area contributed by atoms with Gasteiger partial charge in [-0.25, -0.2) is 0 Å². The molecule has 0 atom stereocenters. The zero-order valence-corrected chi connectivity index (χ0v) is 9.36. The highest BCUT2D eigenvalue weighted by atomic mass is 35.5. The van der Waals surface area contributed by atoms with Gasteiger partial charge in [-0.3, -0.25) is 10.1 Å². The van der Waals surface area contributed by atoms with Crippen molar-refractivity contribution < 1.29 is 14.4 Å². The van der Waals surface area contributed by atoms with Crippen molar-refractivity contribution in [1.29, 1.82) is 0 Å². The van der Waals surface area contributed by atoms with Crippen molar-refractivity contribution in [2.75, 3.05) is 26.1 Å². The van der Waals surface area contributed by atoms with E-state index in [0.29, 0.717) is 6.61 Å². The van der Waals surface area contributed by atoms with Crippen LogP contribution < -0.4 is 10.5 Å². The lowest BCUT2D eigenvalue weighted by Gasteiger charge is -2.08. The lowest BCUT2D eigenvalue weighted by atomic mass is 10.2. The van der Waals surface area contributed by atoms with Crippen LogP contribution in [0.1, 0.15) is 0 Å². The highest BCUT2D eigenvalue weighted by Gasteiger charge is 2.16. The van der Waals surface area contributed by atoms with E-state index in [2.05, 4.69) is 0 Å². The maximum atomic E-state index is 10.6. The first-order valence-electron chi connectivity index (χ1n) is 4.41. The second kappa shape index (κ2) is 5.53. The summed E-state index contributed by atoms with van der Waals surface area (Å²) in [5, 5.41) is 10.6. The summed E-state index contributed by atoms with van der Waals surface area (Å²) < 4.78 is 9.99. The van der Waals surface area contributed by atoms with Crippen molar-refractivity contribution in [3.63, 3.8) is 0 Å². The number of nitro groups is 1. The Kier molecular flexibility index (Phi) is 4.33. The van der Waals surface area contributed by atoms with Gasteiger partial charge in [0.05, 0.1) is 23.3 Å². The van der Waals surface area contributed by atoms with Gasteiger partial charge in [-0.2, -0.15) is 0 Å². The zero-order valence-electron chi connectivity index (χ0n) is 8.60. The van der Waals surface area contributed by atoms with Crippen LogP contribution in [-0.4, -0.2) is 25.2 Å². The fraction of sp³-hybridized carbons (Fsp3) is 0.333. The average molecular weight is 247 g/mol. The molecule has 0 radical (unpaired) electrons. The lowest BCUT2D eigenvalue weighted by molar-refractivity contribution is -0.384. The number of rotatable bonds is 5. The maximum absolute atomic E-state index is 10.6. The summed E-state index contributed by atoms with van der Waals surface area (Å²) in [4.78, 5) is 10.0. The van der Waals surface area contributed by atoms with Crippen LogP contribution in [0.4, 0.5) is 11.4 Å². The zero-order chi connectivity index (χ0) is 12.1. The second-order valence-electron chi connectivity index (χ2n) is 2.94. The number of hydrogen-bond acceptors (Lipinski definition) is 5. The van der Waals surface area contributed by atoms with E-state index in [0.717, 1.165) is 0 Å². The van der Waals surface area contributed by atoms with Gasteiger partial charge >= 0.3 is 0 Å². The Morgan fingerprint density at radius 1 is 1.50 bits per heavy atom. The molecule has 0 saturated carbocycles. The molecule has 16 heavy (non-hydrogen) atoms. The summed E-state index contributed by atoms with van der Waals surface area (Å²) >= 11 is 5.66. The molecule has 0 bridgehead atoms. The Morgan fingerprint density at radius 2 is 2.19 bits per heavy atom. The Labute approximate surface area is 97.0 Å². The molecular weight excluding hydrogens is 236 g/mol. The number of ether oxygens (including phenoxy) is 2. The van der Waals surface area contributed by atoms with Gasteiger partial charge in [0.15, 0.2) is 0 Å². The molecule has 7 heteroatoms. The third-order valence-corrected chi connectivity index (χ3v) is 2.12. The van der Waals surface area contributed by atoms with Crippen LogP contribution in [0.5, 0.6) is 5.75 Å². The number of anilines is 1. The number of nitrogen functional groups attached to an aromatic ring is 1. The molecule has 6 nitrogen and oxygen atoms in total. The molecule has 0 saturated heterocycles. The minimum absolute atomic E-state index is 0.0124. The number of nitrogens with zero attached hydrogens (tertiary/aromatic N) is 1. The van der Waals surface area contributed by atoms with Crippen LogP contribution in [0.2, 0.25) is 5.02 Å². The van der Waals surface area contributed by atoms with E-state index in [4.69, 9.17) is 26.8 Å². The van der Waals surface area contributed by atoms with Crippen LogP contribution in [0.15, 0.2) is 12.1 Å². The smallest absolute Gasteiger partial charge is 0.291 e.